The van der Waals surface area contributed by atoms with Crippen LogP contribution in [-0.2, 0) is 0 Å². The Morgan fingerprint density at radius 3 is 1.81 bits per heavy atom. The molecule has 0 atom stereocenters. The maximum atomic E-state index is 5.53. The van der Waals surface area contributed by atoms with E-state index >= 15 is 0 Å². The van der Waals surface area contributed by atoms with Gasteiger partial charge < -0.3 is 5.73 Å². The molecule has 0 aromatic heterocycles. The lowest BCUT2D eigenvalue weighted by Gasteiger charge is -1.96. The second-order valence-electron chi connectivity index (χ2n) is 3.24. The van der Waals surface area contributed by atoms with E-state index in [2.05, 4.69) is 19.7 Å². The molecule has 0 unspecified atom stereocenters. The zero-order chi connectivity index (χ0) is 13.0. The molecule has 16 heavy (non-hydrogen) atoms. The van der Waals surface area contributed by atoms with E-state index in [1.165, 1.54) is 0 Å². The normalized spacial score (nSPS) is 11.1. The van der Waals surface area contributed by atoms with Gasteiger partial charge in [0.1, 0.15) is 0 Å². The Morgan fingerprint density at radius 1 is 1.06 bits per heavy atom. The van der Waals surface area contributed by atoms with E-state index in [-0.39, 0.29) is 0 Å². The van der Waals surface area contributed by atoms with Crippen molar-refractivity contribution >= 4 is 0 Å². The molecule has 2 N–H and O–H groups in total. The van der Waals surface area contributed by atoms with Gasteiger partial charge in [0.2, 0.25) is 0 Å². The van der Waals surface area contributed by atoms with Crippen LogP contribution in [0, 0.1) is 0 Å². The summed E-state index contributed by atoms with van der Waals surface area (Å²) < 4.78 is 0. The maximum absolute atomic E-state index is 5.53. The maximum Gasteiger partial charge on any atom is 0.0311 e. The van der Waals surface area contributed by atoms with Crippen molar-refractivity contribution in [1.82, 2.24) is 0 Å². The van der Waals surface area contributed by atoms with Gasteiger partial charge in [-0.25, -0.2) is 0 Å². The highest BCUT2D eigenvalue weighted by molar-refractivity contribution is 5.37. The molecular formula is C15H23N. The minimum Gasteiger partial charge on any atom is -0.399 e. The van der Waals surface area contributed by atoms with Crippen LogP contribution in [0.15, 0.2) is 73.0 Å². The molecule has 0 aliphatic rings. The fourth-order valence-electron chi connectivity index (χ4n) is 0.768. The Hall–Kier alpha value is -1.76. The summed E-state index contributed by atoms with van der Waals surface area (Å²) in [7, 11) is 0. The highest BCUT2D eigenvalue weighted by atomic mass is 14.6. The van der Waals surface area contributed by atoms with Gasteiger partial charge in [-0.05, 0) is 26.3 Å². The lowest BCUT2D eigenvalue weighted by Crippen LogP contribution is -1.95. The summed E-state index contributed by atoms with van der Waals surface area (Å²) in [5.74, 6) is 0. The van der Waals surface area contributed by atoms with Crippen molar-refractivity contribution in [1.29, 1.82) is 0 Å². The van der Waals surface area contributed by atoms with Gasteiger partial charge >= 0.3 is 0 Å². The van der Waals surface area contributed by atoms with Crippen LogP contribution in [0.4, 0.5) is 0 Å². The third-order valence-corrected chi connectivity index (χ3v) is 1.45. The predicted octanol–water partition coefficient (Wildman–Crippen LogP) is 4.29. The van der Waals surface area contributed by atoms with Crippen molar-refractivity contribution < 1.29 is 0 Å². The molecule has 0 heterocycles. The number of hydrogen-bond donors (Lipinski definition) is 1. The van der Waals surface area contributed by atoms with Crippen molar-refractivity contribution in [3.8, 4) is 0 Å². The van der Waals surface area contributed by atoms with Crippen molar-refractivity contribution in [3.05, 3.63) is 73.0 Å². The molecule has 0 spiro atoms. The molecule has 0 amide bonds. The minimum absolute atomic E-state index is 0.586. The first-order chi connectivity index (χ1) is 7.49. The number of nitrogens with two attached hydrogens (primary N) is 1. The molecular weight excluding hydrogens is 194 g/mol. The molecule has 1 nitrogen and oxygen atoms in total. The van der Waals surface area contributed by atoms with Crippen molar-refractivity contribution in [2.75, 3.05) is 0 Å². The van der Waals surface area contributed by atoms with E-state index in [4.69, 9.17) is 5.73 Å². The number of hydrogen-bond acceptors (Lipinski definition) is 1. The van der Waals surface area contributed by atoms with Gasteiger partial charge in [-0.1, -0.05) is 55.2 Å². The van der Waals surface area contributed by atoms with Crippen LogP contribution in [-0.4, -0.2) is 0 Å². The van der Waals surface area contributed by atoms with Crippen LogP contribution in [0.3, 0.4) is 0 Å². The summed E-state index contributed by atoms with van der Waals surface area (Å²) in [6, 6.07) is 0. The molecule has 0 saturated heterocycles. The zero-order valence-electron chi connectivity index (χ0n) is 10.7. The van der Waals surface area contributed by atoms with E-state index in [1.807, 2.05) is 51.2 Å². The van der Waals surface area contributed by atoms with Gasteiger partial charge in [-0.2, -0.15) is 0 Å². The average molecular weight is 217 g/mol. The van der Waals surface area contributed by atoms with Crippen LogP contribution in [0.2, 0.25) is 0 Å². The quantitative estimate of drug-likeness (QED) is 0.552. The molecule has 88 valence electrons. The van der Waals surface area contributed by atoms with Gasteiger partial charge in [-0.15, -0.1) is 6.58 Å². The SMILES string of the molecule is C=C(C)/C=C/C=C\C(=C\C)C(=C)N.C=CC. The van der Waals surface area contributed by atoms with Crippen molar-refractivity contribution in [2.24, 2.45) is 5.73 Å². The largest absolute Gasteiger partial charge is 0.399 e. The Balaban J connectivity index is 0. The van der Waals surface area contributed by atoms with Crippen molar-refractivity contribution in [2.45, 2.75) is 20.8 Å². The third-order valence-electron chi connectivity index (χ3n) is 1.45. The van der Waals surface area contributed by atoms with E-state index in [0.29, 0.717) is 5.70 Å². The Labute approximate surface area is 100 Å². The van der Waals surface area contributed by atoms with Crippen LogP contribution in [0.1, 0.15) is 20.8 Å². The summed E-state index contributed by atoms with van der Waals surface area (Å²) in [6.45, 7) is 16.5. The first kappa shape index (κ1) is 16.7. The molecule has 0 aromatic rings. The lowest BCUT2D eigenvalue weighted by atomic mass is 10.2. The first-order valence-corrected chi connectivity index (χ1v) is 5.17. The Bertz CT molecular complexity index is 314. The molecule has 0 aromatic carbocycles. The fourth-order valence-corrected chi connectivity index (χ4v) is 0.768. The van der Waals surface area contributed by atoms with E-state index < -0.39 is 0 Å². The van der Waals surface area contributed by atoms with Crippen LogP contribution in [0.5, 0.6) is 0 Å². The molecule has 0 fully saturated rings. The summed E-state index contributed by atoms with van der Waals surface area (Å²) in [5, 5.41) is 0. The highest BCUT2D eigenvalue weighted by Gasteiger charge is 1.88. The Morgan fingerprint density at radius 2 is 1.50 bits per heavy atom. The summed E-state index contributed by atoms with van der Waals surface area (Å²) in [5.41, 5.74) is 8.10. The molecule has 0 rings (SSSR count). The molecule has 0 saturated carbocycles. The summed E-state index contributed by atoms with van der Waals surface area (Å²) >= 11 is 0. The fraction of sp³-hybridized carbons (Fsp3) is 0.200. The molecule has 0 radical (unpaired) electrons. The minimum atomic E-state index is 0.586. The zero-order valence-corrected chi connectivity index (χ0v) is 10.7. The van der Waals surface area contributed by atoms with E-state index in [1.54, 1.807) is 6.08 Å². The topological polar surface area (TPSA) is 26.0 Å². The van der Waals surface area contributed by atoms with Crippen LogP contribution in [0.25, 0.3) is 0 Å². The standard InChI is InChI=1S/C12H17N.C3H6/c1-5-12(11(4)13)9-7-6-8-10(2)3;1-3-2/h5-9H,2,4,13H2,1,3H3;3H,1H2,2H3/b8-6+,9-7-,12-5-;. The van der Waals surface area contributed by atoms with Gasteiger partial charge in [0.15, 0.2) is 0 Å². The van der Waals surface area contributed by atoms with Crippen LogP contribution < -0.4 is 5.73 Å². The van der Waals surface area contributed by atoms with Gasteiger partial charge in [-0.3, -0.25) is 0 Å². The van der Waals surface area contributed by atoms with Gasteiger partial charge in [0.25, 0.3) is 0 Å². The third kappa shape index (κ3) is 12.2. The summed E-state index contributed by atoms with van der Waals surface area (Å²) in [6.07, 6.45) is 11.4. The molecule has 0 bridgehead atoms. The smallest absolute Gasteiger partial charge is 0.0311 e. The second-order valence-corrected chi connectivity index (χ2v) is 3.24. The van der Waals surface area contributed by atoms with Crippen molar-refractivity contribution in [3.63, 3.8) is 0 Å². The molecule has 0 aliphatic heterocycles. The lowest BCUT2D eigenvalue weighted by molar-refractivity contribution is 1.36. The molecule has 1 heteroatoms. The number of rotatable bonds is 4. The monoisotopic (exact) mass is 217 g/mol. The summed E-state index contributed by atoms with van der Waals surface area (Å²) in [4.78, 5) is 0. The first-order valence-electron chi connectivity index (χ1n) is 5.17. The predicted molar refractivity (Wildman–Crippen MR) is 76.0 cm³/mol. The average Bonchev–Trinajstić information content (AvgIpc) is 2.18. The van der Waals surface area contributed by atoms with Gasteiger partial charge in [0, 0.05) is 5.70 Å². The highest BCUT2D eigenvalue weighted by Crippen LogP contribution is 2.03. The molecule has 0 aliphatic carbocycles. The van der Waals surface area contributed by atoms with E-state index in [9.17, 15) is 0 Å². The van der Waals surface area contributed by atoms with Crippen LogP contribution >= 0.6 is 0 Å². The van der Waals surface area contributed by atoms with Gasteiger partial charge in [0.05, 0.1) is 0 Å². The number of allylic oxidation sites excluding steroid dienone is 7. The van der Waals surface area contributed by atoms with E-state index in [0.717, 1.165) is 11.1 Å². The Kier molecular flexibility index (Phi) is 11.8. The second kappa shape index (κ2) is 11.3.